The molecule has 3 rings (SSSR count). The predicted octanol–water partition coefficient (Wildman–Crippen LogP) is 3.72. The fraction of sp³-hybridized carbons (Fsp3) is 0.500. The molecule has 1 aromatic heterocycles. The Balaban J connectivity index is 1.40. The molecule has 1 aliphatic heterocycles. The van der Waals surface area contributed by atoms with Crippen molar-refractivity contribution in [1.29, 1.82) is 0 Å². The standard InChI is InChI=1S/C22H32N4OS/c1-3-23-22(25-16-21-5-4-14-28-21)24-15-18-10-12-26(13-11-18)17-19-6-8-20(27-2)9-7-19/h4-9,14,18H,3,10-13,15-17H2,1-2H3,(H2,23,24,25). The van der Waals surface area contributed by atoms with Gasteiger partial charge in [-0.2, -0.15) is 0 Å². The van der Waals surface area contributed by atoms with Gasteiger partial charge in [0.15, 0.2) is 5.96 Å². The van der Waals surface area contributed by atoms with E-state index in [0.29, 0.717) is 5.92 Å². The lowest BCUT2D eigenvalue weighted by Crippen LogP contribution is -2.42. The molecule has 0 unspecified atom stereocenters. The van der Waals surface area contributed by atoms with E-state index in [4.69, 9.17) is 9.73 Å². The van der Waals surface area contributed by atoms with Crippen LogP contribution in [0.1, 0.15) is 30.2 Å². The van der Waals surface area contributed by atoms with Crippen molar-refractivity contribution in [3.63, 3.8) is 0 Å². The first-order valence-corrected chi connectivity index (χ1v) is 11.0. The lowest BCUT2D eigenvalue weighted by Gasteiger charge is -2.32. The summed E-state index contributed by atoms with van der Waals surface area (Å²) in [5.41, 5.74) is 1.35. The summed E-state index contributed by atoms with van der Waals surface area (Å²) in [6.07, 6.45) is 2.46. The van der Waals surface area contributed by atoms with E-state index in [1.807, 2.05) is 12.1 Å². The zero-order chi connectivity index (χ0) is 19.6. The van der Waals surface area contributed by atoms with Crippen molar-refractivity contribution in [3.8, 4) is 5.75 Å². The topological polar surface area (TPSA) is 48.9 Å². The van der Waals surface area contributed by atoms with Gasteiger partial charge < -0.3 is 15.4 Å². The first-order chi connectivity index (χ1) is 13.8. The van der Waals surface area contributed by atoms with Gasteiger partial charge in [-0.05, 0) is 67.9 Å². The van der Waals surface area contributed by atoms with Gasteiger partial charge in [0.05, 0.1) is 13.7 Å². The van der Waals surface area contributed by atoms with Gasteiger partial charge in [0, 0.05) is 24.5 Å². The second-order valence-electron chi connectivity index (χ2n) is 7.22. The average molecular weight is 401 g/mol. The monoisotopic (exact) mass is 400 g/mol. The summed E-state index contributed by atoms with van der Waals surface area (Å²) < 4.78 is 5.24. The molecule has 28 heavy (non-hydrogen) atoms. The Morgan fingerprint density at radius 3 is 2.61 bits per heavy atom. The number of methoxy groups -OCH3 is 1. The Morgan fingerprint density at radius 2 is 1.96 bits per heavy atom. The summed E-state index contributed by atoms with van der Waals surface area (Å²) in [6.45, 7) is 8.06. The zero-order valence-corrected chi connectivity index (χ0v) is 17.8. The van der Waals surface area contributed by atoms with Gasteiger partial charge in [0.25, 0.3) is 0 Å². The summed E-state index contributed by atoms with van der Waals surface area (Å²) in [5, 5.41) is 9.00. The lowest BCUT2D eigenvalue weighted by molar-refractivity contribution is 0.178. The summed E-state index contributed by atoms with van der Waals surface area (Å²) in [7, 11) is 1.71. The maximum absolute atomic E-state index is 5.24. The van der Waals surface area contributed by atoms with E-state index >= 15 is 0 Å². The molecule has 1 fully saturated rings. The van der Waals surface area contributed by atoms with Crippen molar-refractivity contribution < 1.29 is 4.74 Å². The molecule has 0 radical (unpaired) electrons. The van der Waals surface area contributed by atoms with Gasteiger partial charge >= 0.3 is 0 Å². The number of hydrogen-bond acceptors (Lipinski definition) is 4. The van der Waals surface area contributed by atoms with E-state index < -0.39 is 0 Å². The number of aliphatic imine (C=N–C) groups is 1. The van der Waals surface area contributed by atoms with Crippen molar-refractivity contribution in [2.45, 2.75) is 32.9 Å². The molecule has 152 valence electrons. The quantitative estimate of drug-likeness (QED) is 0.524. The second-order valence-corrected chi connectivity index (χ2v) is 8.26. The maximum atomic E-state index is 5.24. The molecule has 1 aliphatic rings. The third-order valence-corrected chi connectivity index (χ3v) is 6.01. The first-order valence-electron chi connectivity index (χ1n) is 10.2. The van der Waals surface area contributed by atoms with Gasteiger partial charge in [-0.1, -0.05) is 18.2 Å². The van der Waals surface area contributed by atoms with E-state index in [2.05, 4.69) is 52.1 Å². The number of nitrogens with zero attached hydrogens (tertiary/aromatic N) is 2. The maximum Gasteiger partial charge on any atom is 0.191 e. The second kappa shape index (κ2) is 11.1. The van der Waals surface area contributed by atoms with Gasteiger partial charge in [-0.25, -0.2) is 4.99 Å². The minimum absolute atomic E-state index is 0.706. The van der Waals surface area contributed by atoms with Crippen LogP contribution < -0.4 is 15.4 Å². The fourth-order valence-corrected chi connectivity index (χ4v) is 4.11. The SMILES string of the molecule is CCNC(=NCc1cccs1)NCC1CCN(Cc2ccc(OC)cc2)CC1. The number of hydrogen-bond donors (Lipinski definition) is 2. The molecule has 0 spiro atoms. The van der Waals surface area contributed by atoms with Gasteiger partial charge in [0.2, 0.25) is 0 Å². The molecule has 0 bridgehead atoms. The summed E-state index contributed by atoms with van der Waals surface area (Å²) in [6, 6.07) is 12.6. The molecule has 1 aromatic carbocycles. The minimum atomic E-state index is 0.706. The molecule has 0 aliphatic carbocycles. The number of likely N-dealkylation sites (tertiary alicyclic amines) is 1. The van der Waals surface area contributed by atoms with Crippen LogP contribution in [0.3, 0.4) is 0 Å². The van der Waals surface area contributed by atoms with Crippen LogP contribution in [-0.2, 0) is 13.1 Å². The first kappa shape index (κ1) is 20.7. The normalized spacial score (nSPS) is 16.1. The van der Waals surface area contributed by atoms with E-state index in [-0.39, 0.29) is 0 Å². The molecule has 0 amide bonds. The van der Waals surface area contributed by atoms with Crippen LogP contribution in [0.2, 0.25) is 0 Å². The predicted molar refractivity (Wildman–Crippen MR) is 118 cm³/mol. The molecule has 2 aromatic rings. The van der Waals surface area contributed by atoms with Crippen molar-refractivity contribution in [3.05, 3.63) is 52.2 Å². The number of benzene rings is 1. The van der Waals surface area contributed by atoms with Gasteiger partial charge in [-0.3, -0.25) is 4.90 Å². The summed E-state index contributed by atoms with van der Waals surface area (Å²) in [5.74, 6) is 2.56. The molecule has 2 N–H and O–H groups in total. The van der Waals surface area contributed by atoms with Crippen molar-refractivity contribution in [2.75, 3.05) is 33.3 Å². The van der Waals surface area contributed by atoms with Crippen LogP contribution in [0.4, 0.5) is 0 Å². The van der Waals surface area contributed by atoms with Crippen LogP contribution in [-0.4, -0.2) is 44.1 Å². The molecule has 0 atom stereocenters. The smallest absolute Gasteiger partial charge is 0.191 e. The van der Waals surface area contributed by atoms with Crippen LogP contribution in [0, 0.1) is 5.92 Å². The van der Waals surface area contributed by atoms with Crippen LogP contribution in [0.15, 0.2) is 46.8 Å². The molecular weight excluding hydrogens is 368 g/mol. The van der Waals surface area contributed by atoms with E-state index in [1.54, 1.807) is 18.4 Å². The summed E-state index contributed by atoms with van der Waals surface area (Å²) >= 11 is 1.76. The van der Waals surface area contributed by atoms with Crippen LogP contribution >= 0.6 is 11.3 Å². The molecule has 1 saturated heterocycles. The average Bonchev–Trinajstić information content (AvgIpc) is 3.25. The number of ether oxygens (including phenoxy) is 1. The highest BCUT2D eigenvalue weighted by Gasteiger charge is 2.19. The van der Waals surface area contributed by atoms with Crippen LogP contribution in [0.5, 0.6) is 5.75 Å². The highest BCUT2D eigenvalue weighted by molar-refractivity contribution is 7.09. The number of rotatable bonds is 8. The van der Waals surface area contributed by atoms with Crippen LogP contribution in [0.25, 0.3) is 0 Å². The number of thiophene rings is 1. The molecule has 0 saturated carbocycles. The third kappa shape index (κ3) is 6.53. The van der Waals surface area contributed by atoms with Crippen molar-refractivity contribution >= 4 is 17.3 Å². The zero-order valence-electron chi connectivity index (χ0n) is 17.0. The van der Waals surface area contributed by atoms with E-state index in [0.717, 1.165) is 51.0 Å². The fourth-order valence-electron chi connectivity index (χ4n) is 3.48. The van der Waals surface area contributed by atoms with E-state index in [9.17, 15) is 0 Å². The number of guanidine groups is 1. The number of nitrogens with one attached hydrogen (secondary N) is 2. The van der Waals surface area contributed by atoms with Crippen molar-refractivity contribution in [2.24, 2.45) is 10.9 Å². The summed E-state index contributed by atoms with van der Waals surface area (Å²) in [4.78, 5) is 8.55. The Labute approximate surface area is 172 Å². The highest BCUT2D eigenvalue weighted by atomic mass is 32.1. The Hall–Kier alpha value is -2.05. The van der Waals surface area contributed by atoms with Gasteiger partial charge in [-0.15, -0.1) is 11.3 Å². The minimum Gasteiger partial charge on any atom is -0.497 e. The lowest BCUT2D eigenvalue weighted by atomic mass is 9.96. The molecular formula is C22H32N4OS. The Bertz CT molecular complexity index is 707. The Morgan fingerprint density at radius 1 is 1.18 bits per heavy atom. The van der Waals surface area contributed by atoms with E-state index in [1.165, 1.54) is 23.3 Å². The number of piperidine rings is 1. The highest BCUT2D eigenvalue weighted by Crippen LogP contribution is 2.19. The Kier molecular flexibility index (Phi) is 8.18. The largest absolute Gasteiger partial charge is 0.497 e. The molecule has 5 nitrogen and oxygen atoms in total. The molecule has 2 heterocycles. The van der Waals surface area contributed by atoms with Gasteiger partial charge in [0.1, 0.15) is 5.75 Å². The van der Waals surface area contributed by atoms with Crippen molar-refractivity contribution in [1.82, 2.24) is 15.5 Å². The third-order valence-electron chi connectivity index (χ3n) is 5.15. The molecule has 6 heteroatoms.